The van der Waals surface area contributed by atoms with Crippen molar-refractivity contribution in [3.63, 3.8) is 0 Å². The molecule has 2 rings (SSSR count). The Morgan fingerprint density at radius 1 is 0.590 bits per heavy atom. The molecule has 18 nitrogen and oxygen atoms in total. The summed E-state index contributed by atoms with van der Waals surface area (Å²) in [7, 11) is 2.82. The van der Waals surface area contributed by atoms with E-state index in [4.69, 9.17) is 0 Å². The van der Waals surface area contributed by atoms with Gasteiger partial charge in [0.05, 0.1) is 18.9 Å². The Balaban J connectivity index is 2.34. The molecule has 0 saturated heterocycles. The van der Waals surface area contributed by atoms with Gasteiger partial charge in [0.2, 0.25) is 35.4 Å². The summed E-state index contributed by atoms with van der Waals surface area (Å²) < 4.78 is 0. The van der Waals surface area contributed by atoms with Crippen LogP contribution >= 0.6 is 0 Å². The number of phenolic OH excluding ortho intramolecular Hbond substituents is 1. The molecule has 0 aromatic heterocycles. The van der Waals surface area contributed by atoms with Gasteiger partial charge in [-0.1, -0.05) is 90.9 Å². The van der Waals surface area contributed by atoms with Gasteiger partial charge in [-0.3, -0.25) is 33.6 Å². The van der Waals surface area contributed by atoms with Gasteiger partial charge < -0.3 is 52.1 Å². The van der Waals surface area contributed by atoms with Crippen molar-refractivity contribution < 1.29 is 53.7 Å². The lowest BCUT2D eigenvalue weighted by molar-refractivity contribution is -0.144. The van der Waals surface area contributed by atoms with E-state index in [2.05, 4.69) is 31.9 Å². The van der Waals surface area contributed by atoms with Crippen LogP contribution in [0.2, 0.25) is 0 Å². The van der Waals surface area contributed by atoms with Crippen LogP contribution in [-0.4, -0.2) is 118 Å². The number of rotatable bonds is 23. The number of hydrogen-bond acceptors (Lipinski definition) is 10. The van der Waals surface area contributed by atoms with Crippen molar-refractivity contribution in [2.45, 2.75) is 117 Å². The summed E-state index contributed by atoms with van der Waals surface area (Å²) in [4.78, 5) is 106. The van der Waals surface area contributed by atoms with Crippen LogP contribution < -0.4 is 31.9 Å². The van der Waals surface area contributed by atoms with Gasteiger partial charge in [-0.15, -0.1) is 0 Å². The summed E-state index contributed by atoms with van der Waals surface area (Å²) in [6.45, 7) is 12.2. The number of carboxylic acid groups (broad SMARTS) is 2. The van der Waals surface area contributed by atoms with Crippen LogP contribution in [0, 0.1) is 17.3 Å². The maximum absolute atomic E-state index is 13.9. The molecule has 6 atom stereocenters. The Kier molecular flexibility index (Phi) is 19.8. The summed E-state index contributed by atoms with van der Waals surface area (Å²) in [6, 6.07) is 7.60. The second-order valence-electron chi connectivity index (χ2n) is 17.1. The summed E-state index contributed by atoms with van der Waals surface area (Å²) in [5, 5.41) is 44.8. The lowest BCUT2D eigenvalue weighted by Crippen LogP contribution is -2.61. The number of hydrogen-bond donors (Lipinski definition) is 9. The van der Waals surface area contributed by atoms with Crippen molar-refractivity contribution in [3.05, 3.63) is 65.7 Å². The molecule has 0 fully saturated rings. The van der Waals surface area contributed by atoms with Crippen molar-refractivity contribution in [1.82, 2.24) is 36.8 Å². The maximum Gasteiger partial charge on any atom is 0.326 e. The van der Waals surface area contributed by atoms with E-state index < -0.39 is 114 Å². The molecule has 0 spiro atoms. The fourth-order valence-corrected chi connectivity index (χ4v) is 6.10. The summed E-state index contributed by atoms with van der Waals surface area (Å²) >= 11 is 0. The number of carboxylic acids is 2. The first kappa shape index (κ1) is 51.1. The third-order valence-electron chi connectivity index (χ3n) is 9.54. The van der Waals surface area contributed by atoms with Gasteiger partial charge in [0, 0.05) is 20.6 Å². The molecule has 2 aromatic rings. The number of phenols is 1. The molecule has 0 heterocycles. The second-order valence-corrected chi connectivity index (χ2v) is 17.1. The summed E-state index contributed by atoms with van der Waals surface area (Å²) in [5.41, 5.74) is 1.11. The zero-order valence-corrected chi connectivity index (χ0v) is 36.4. The van der Waals surface area contributed by atoms with Crippen LogP contribution in [0.1, 0.15) is 78.9 Å². The first-order valence-electron chi connectivity index (χ1n) is 20.1. The largest absolute Gasteiger partial charge is 0.508 e. The summed E-state index contributed by atoms with van der Waals surface area (Å²) in [6.07, 6.45) is -1.39. The minimum Gasteiger partial charge on any atom is -0.508 e. The van der Waals surface area contributed by atoms with Crippen LogP contribution in [0.25, 0.3) is 0 Å². The van der Waals surface area contributed by atoms with E-state index in [1.807, 2.05) is 30.3 Å². The fourth-order valence-electron chi connectivity index (χ4n) is 6.10. The van der Waals surface area contributed by atoms with E-state index in [0.717, 1.165) is 16.0 Å². The highest BCUT2D eigenvalue weighted by atomic mass is 16.4. The zero-order valence-electron chi connectivity index (χ0n) is 36.4. The lowest BCUT2D eigenvalue weighted by Gasteiger charge is -2.30. The lowest BCUT2D eigenvalue weighted by atomic mass is 9.88. The van der Waals surface area contributed by atoms with E-state index in [1.54, 1.807) is 60.6 Å². The van der Waals surface area contributed by atoms with Crippen LogP contribution in [0.3, 0.4) is 0 Å². The average molecular weight is 854 g/mol. The molecule has 9 N–H and O–H groups in total. The van der Waals surface area contributed by atoms with Gasteiger partial charge in [0.1, 0.15) is 36.0 Å². The van der Waals surface area contributed by atoms with E-state index >= 15 is 0 Å². The number of carbonyl (C=O) groups excluding carboxylic acids is 6. The molecule has 6 amide bonds. The fraction of sp³-hybridized carbons (Fsp3) is 0.535. The highest BCUT2D eigenvalue weighted by Gasteiger charge is 2.37. The van der Waals surface area contributed by atoms with Crippen molar-refractivity contribution in [3.8, 4) is 5.75 Å². The van der Waals surface area contributed by atoms with Gasteiger partial charge >= 0.3 is 11.9 Å². The van der Waals surface area contributed by atoms with Crippen molar-refractivity contribution in [2.24, 2.45) is 17.3 Å². The van der Waals surface area contributed by atoms with Crippen LogP contribution in [-0.2, 0) is 51.3 Å². The molecular formula is C43H63N7O11. The number of aromatic hydroxyl groups is 1. The molecule has 0 unspecified atom stereocenters. The van der Waals surface area contributed by atoms with Crippen molar-refractivity contribution in [2.75, 3.05) is 14.1 Å². The number of carbonyl (C=O) groups is 8. The molecule has 0 radical (unpaired) electrons. The van der Waals surface area contributed by atoms with Crippen molar-refractivity contribution >= 4 is 47.4 Å². The average Bonchev–Trinajstić information content (AvgIpc) is 3.16. The molecule has 336 valence electrons. The van der Waals surface area contributed by atoms with Crippen LogP contribution in [0.15, 0.2) is 54.6 Å². The Hall–Kier alpha value is -6.04. The third-order valence-corrected chi connectivity index (χ3v) is 9.54. The second kappa shape index (κ2) is 23.7. The topological polar surface area (TPSA) is 273 Å². The van der Waals surface area contributed by atoms with Gasteiger partial charge in [0.25, 0.3) is 0 Å². The predicted octanol–water partition coefficient (Wildman–Crippen LogP) is 1.30. The highest BCUT2D eigenvalue weighted by molar-refractivity contribution is 5.98. The molecule has 2 aromatic carbocycles. The molecule has 0 bridgehead atoms. The van der Waals surface area contributed by atoms with Crippen LogP contribution in [0.4, 0.5) is 0 Å². The van der Waals surface area contributed by atoms with E-state index in [0.29, 0.717) is 6.54 Å². The van der Waals surface area contributed by atoms with E-state index in [1.165, 1.54) is 26.2 Å². The third kappa shape index (κ3) is 18.0. The Morgan fingerprint density at radius 3 is 1.52 bits per heavy atom. The minimum absolute atomic E-state index is 0.0208. The highest BCUT2D eigenvalue weighted by Crippen LogP contribution is 2.21. The monoisotopic (exact) mass is 853 g/mol. The van der Waals surface area contributed by atoms with E-state index in [9.17, 15) is 53.7 Å². The van der Waals surface area contributed by atoms with Crippen molar-refractivity contribution in [1.29, 1.82) is 0 Å². The Bertz CT molecular complexity index is 1830. The van der Waals surface area contributed by atoms with Gasteiger partial charge in [-0.2, -0.15) is 0 Å². The number of aliphatic carboxylic acids is 2. The normalized spacial score (nSPS) is 14.3. The molecule has 0 aliphatic rings. The smallest absolute Gasteiger partial charge is 0.326 e. The first-order chi connectivity index (χ1) is 28.4. The number of nitrogens with zero attached hydrogens (tertiary/aromatic N) is 1. The Morgan fingerprint density at radius 2 is 1.05 bits per heavy atom. The predicted molar refractivity (Wildman–Crippen MR) is 225 cm³/mol. The number of nitrogens with one attached hydrogen (secondary N) is 6. The number of benzene rings is 2. The quantitative estimate of drug-likeness (QED) is 0.0766. The molecule has 0 aliphatic heterocycles. The molecule has 0 saturated carbocycles. The molecule has 61 heavy (non-hydrogen) atoms. The zero-order chi connectivity index (χ0) is 46.2. The number of amides is 6. The SMILES string of the molecule is CC(C)[C@H](NC(=O)[C@H](Cc1ccc(O)cc1)NCc1ccccc1)C(=O)N[C@H](C(=O)N[C@@H](CC(=O)N(C)C)C(=O)N[C@@H](CC(=O)O)C(=O)N[C@@H](CC(C)(C)C)C(=O)O)C(C)C. The molecule has 18 heteroatoms. The summed E-state index contributed by atoms with van der Waals surface area (Å²) in [5.74, 6) is -8.83. The standard InChI is InChI=1S/C43H63N7O11/c1-24(2)35(49-41(59)36(25(3)4)48-37(55)29(19-26-15-17-28(51)18-16-26)44-23-27-13-11-10-12-14-27)40(58)46-30(20-33(52)50(8)9)38(56)45-31(21-34(53)54)39(57)47-32(42(60)61)22-43(5,6)7/h10-18,24-25,29-32,35-36,44,51H,19-23H2,1-9H3,(H,45,56)(H,46,58)(H,47,57)(H,48,55)(H,49,59)(H,53,54)(H,60,61)/t29-,30-,31-,32-,35-,36-/m0/s1. The van der Waals surface area contributed by atoms with E-state index in [-0.39, 0.29) is 18.6 Å². The Labute approximate surface area is 357 Å². The van der Waals surface area contributed by atoms with Gasteiger partial charge in [-0.25, -0.2) is 4.79 Å². The van der Waals surface area contributed by atoms with Crippen LogP contribution in [0.5, 0.6) is 5.75 Å². The molecule has 0 aliphatic carbocycles. The first-order valence-corrected chi connectivity index (χ1v) is 20.1. The minimum atomic E-state index is -1.79. The van der Waals surface area contributed by atoms with Gasteiger partial charge in [0.15, 0.2) is 0 Å². The maximum atomic E-state index is 13.9. The molecular weight excluding hydrogens is 791 g/mol. The van der Waals surface area contributed by atoms with Gasteiger partial charge in [-0.05, 0) is 53.4 Å².